The van der Waals surface area contributed by atoms with Gasteiger partial charge < -0.3 is 10.1 Å². The standard InChI is InChI=1S/C22H28N4O8S2/c1-34-20-15-18(26(28)29)9-12-21(20)36(32,33)23-14-13-16-7-10-19(11-8-16)35(30,31)25-22(27)24-17-5-3-2-4-6-17/h7-12,15,17,23H,2-6,13-14H2,1H3,(H2,24,25,27). The topological polar surface area (TPSA) is 174 Å². The number of non-ortho nitro benzene ring substituents is 1. The lowest BCUT2D eigenvalue weighted by atomic mass is 9.96. The number of rotatable bonds is 10. The highest BCUT2D eigenvalue weighted by molar-refractivity contribution is 7.90. The molecule has 12 nitrogen and oxygen atoms in total. The van der Waals surface area contributed by atoms with Crippen LogP contribution in [0.2, 0.25) is 0 Å². The molecule has 3 N–H and O–H groups in total. The fourth-order valence-electron chi connectivity index (χ4n) is 3.88. The lowest BCUT2D eigenvalue weighted by Gasteiger charge is -2.22. The van der Waals surface area contributed by atoms with E-state index in [1.165, 1.54) is 31.4 Å². The fourth-order valence-corrected chi connectivity index (χ4v) is 5.97. The van der Waals surface area contributed by atoms with Crippen LogP contribution < -0.4 is 19.5 Å². The van der Waals surface area contributed by atoms with Crippen LogP contribution in [0.15, 0.2) is 52.3 Å². The molecule has 3 rings (SSSR count). The Morgan fingerprint density at radius 1 is 1.03 bits per heavy atom. The smallest absolute Gasteiger partial charge is 0.328 e. The Balaban J connectivity index is 1.57. The summed E-state index contributed by atoms with van der Waals surface area (Å²) in [6.07, 6.45) is 4.99. The molecule has 1 aliphatic rings. The van der Waals surface area contributed by atoms with Gasteiger partial charge in [0.15, 0.2) is 0 Å². The molecule has 0 aromatic heterocycles. The summed E-state index contributed by atoms with van der Waals surface area (Å²) in [4.78, 5) is 22.0. The van der Waals surface area contributed by atoms with Crippen molar-refractivity contribution in [3.8, 4) is 5.75 Å². The summed E-state index contributed by atoms with van der Waals surface area (Å²) in [6, 6.07) is 8.10. The number of carbonyl (C=O) groups is 1. The van der Waals surface area contributed by atoms with Gasteiger partial charge in [-0.05, 0) is 43.0 Å². The van der Waals surface area contributed by atoms with Crippen molar-refractivity contribution in [2.24, 2.45) is 0 Å². The molecule has 0 heterocycles. The summed E-state index contributed by atoms with van der Waals surface area (Å²) >= 11 is 0. The minimum atomic E-state index is -4.06. The van der Waals surface area contributed by atoms with Crippen molar-refractivity contribution >= 4 is 31.8 Å². The van der Waals surface area contributed by atoms with Gasteiger partial charge in [0.2, 0.25) is 10.0 Å². The van der Waals surface area contributed by atoms with E-state index >= 15 is 0 Å². The van der Waals surface area contributed by atoms with Crippen molar-refractivity contribution < 1.29 is 31.3 Å². The number of hydrogen-bond acceptors (Lipinski definition) is 8. The normalized spacial score (nSPS) is 14.7. The second kappa shape index (κ2) is 11.7. The van der Waals surface area contributed by atoms with Gasteiger partial charge in [-0.3, -0.25) is 10.1 Å². The predicted octanol–water partition coefficient (Wildman–Crippen LogP) is 2.45. The number of amides is 2. The van der Waals surface area contributed by atoms with E-state index in [1.807, 2.05) is 4.72 Å². The van der Waals surface area contributed by atoms with Gasteiger partial charge in [-0.25, -0.2) is 31.1 Å². The molecular weight excluding hydrogens is 512 g/mol. The molecule has 1 saturated carbocycles. The van der Waals surface area contributed by atoms with Crippen LogP contribution in [0.1, 0.15) is 37.7 Å². The Morgan fingerprint density at radius 2 is 1.69 bits per heavy atom. The van der Waals surface area contributed by atoms with E-state index in [9.17, 15) is 31.7 Å². The number of sulfonamides is 2. The molecule has 36 heavy (non-hydrogen) atoms. The molecule has 196 valence electrons. The summed E-state index contributed by atoms with van der Waals surface area (Å²) in [7, 11) is -6.87. The number of nitro benzene ring substituents is 1. The first kappa shape index (κ1) is 27.4. The second-order valence-electron chi connectivity index (χ2n) is 8.30. The Labute approximate surface area is 209 Å². The van der Waals surface area contributed by atoms with E-state index in [0.717, 1.165) is 50.3 Å². The van der Waals surface area contributed by atoms with Crippen LogP contribution in [-0.2, 0) is 26.5 Å². The summed E-state index contributed by atoms with van der Waals surface area (Å²) in [5, 5.41) is 13.6. The van der Waals surface area contributed by atoms with Crippen LogP contribution in [0.25, 0.3) is 0 Å². The van der Waals surface area contributed by atoms with Crippen LogP contribution >= 0.6 is 0 Å². The highest BCUT2D eigenvalue weighted by Gasteiger charge is 2.23. The average molecular weight is 541 g/mol. The summed E-state index contributed by atoms with van der Waals surface area (Å²) in [5.41, 5.74) is 0.348. The largest absolute Gasteiger partial charge is 0.495 e. The van der Waals surface area contributed by atoms with E-state index < -0.39 is 31.0 Å². The van der Waals surface area contributed by atoms with Crippen LogP contribution in [0.3, 0.4) is 0 Å². The minimum Gasteiger partial charge on any atom is -0.495 e. The molecule has 0 radical (unpaired) electrons. The summed E-state index contributed by atoms with van der Waals surface area (Å²) in [6.45, 7) is -0.0172. The highest BCUT2D eigenvalue weighted by Crippen LogP contribution is 2.28. The van der Waals surface area contributed by atoms with E-state index in [0.29, 0.717) is 5.56 Å². The lowest BCUT2D eigenvalue weighted by Crippen LogP contribution is -2.45. The van der Waals surface area contributed by atoms with Crippen molar-refractivity contribution in [3.05, 3.63) is 58.1 Å². The Kier molecular flexibility index (Phi) is 8.87. The maximum Gasteiger partial charge on any atom is 0.328 e. The fraction of sp³-hybridized carbons (Fsp3) is 0.409. The maximum atomic E-state index is 12.6. The first-order chi connectivity index (χ1) is 17.0. The number of ether oxygens (including phenoxy) is 1. The molecule has 0 spiro atoms. The molecule has 1 aliphatic carbocycles. The van der Waals surface area contributed by atoms with E-state index in [4.69, 9.17) is 4.74 Å². The molecule has 0 bridgehead atoms. The molecule has 0 unspecified atom stereocenters. The molecule has 0 aliphatic heterocycles. The third-order valence-corrected chi connectivity index (χ3v) is 8.60. The van der Waals surface area contributed by atoms with Crippen LogP contribution in [0.5, 0.6) is 5.75 Å². The van der Waals surface area contributed by atoms with E-state index in [-0.39, 0.29) is 40.2 Å². The quantitative estimate of drug-likeness (QED) is 0.304. The van der Waals surface area contributed by atoms with Crippen LogP contribution in [0.4, 0.5) is 10.5 Å². The van der Waals surface area contributed by atoms with Gasteiger partial charge in [0.05, 0.1) is 23.0 Å². The lowest BCUT2D eigenvalue weighted by molar-refractivity contribution is -0.385. The van der Waals surface area contributed by atoms with Crippen LogP contribution in [0, 0.1) is 10.1 Å². The first-order valence-corrected chi connectivity index (χ1v) is 14.2. The van der Waals surface area contributed by atoms with Crippen molar-refractivity contribution in [2.75, 3.05) is 13.7 Å². The maximum absolute atomic E-state index is 12.6. The molecule has 2 amide bonds. The molecule has 2 aromatic rings. The molecule has 2 aromatic carbocycles. The van der Waals surface area contributed by atoms with Crippen LogP contribution in [-0.4, -0.2) is 47.5 Å². The van der Waals surface area contributed by atoms with Gasteiger partial charge >= 0.3 is 6.03 Å². The molecule has 14 heteroatoms. The Morgan fingerprint density at radius 3 is 2.31 bits per heavy atom. The van der Waals surface area contributed by atoms with E-state index in [1.54, 1.807) is 0 Å². The van der Waals surface area contributed by atoms with Gasteiger partial charge in [-0.1, -0.05) is 31.4 Å². The predicted molar refractivity (Wildman–Crippen MR) is 131 cm³/mol. The summed E-state index contributed by atoms with van der Waals surface area (Å²) < 4.78 is 59.7. The van der Waals surface area contributed by atoms with Crippen molar-refractivity contribution in [1.82, 2.24) is 14.8 Å². The van der Waals surface area contributed by atoms with Crippen molar-refractivity contribution in [1.29, 1.82) is 0 Å². The zero-order chi connectivity index (χ0) is 26.3. The number of urea groups is 1. The number of benzene rings is 2. The molecular formula is C22H28N4O8S2. The number of hydrogen-bond donors (Lipinski definition) is 3. The number of nitrogens with one attached hydrogen (secondary N) is 3. The number of nitrogens with zero attached hydrogens (tertiary/aromatic N) is 1. The van der Waals surface area contributed by atoms with Gasteiger partial charge in [0, 0.05) is 18.7 Å². The van der Waals surface area contributed by atoms with Gasteiger partial charge in [0.1, 0.15) is 10.6 Å². The summed E-state index contributed by atoms with van der Waals surface area (Å²) in [5.74, 6) is -0.161. The molecule has 1 fully saturated rings. The Bertz CT molecular complexity index is 1310. The third-order valence-electron chi connectivity index (χ3n) is 5.75. The minimum absolute atomic E-state index is 0.0172. The molecule has 0 atom stereocenters. The number of nitro groups is 1. The van der Waals surface area contributed by atoms with E-state index in [2.05, 4.69) is 10.0 Å². The van der Waals surface area contributed by atoms with Crippen molar-refractivity contribution in [3.63, 3.8) is 0 Å². The van der Waals surface area contributed by atoms with Gasteiger partial charge in [-0.15, -0.1) is 0 Å². The Hall–Kier alpha value is -3.23. The number of carbonyl (C=O) groups excluding carboxylic acids is 1. The zero-order valence-corrected chi connectivity index (χ0v) is 21.2. The monoisotopic (exact) mass is 540 g/mol. The zero-order valence-electron chi connectivity index (χ0n) is 19.6. The van der Waals surface area contributed by atoms with Crippen molar-refractivity contribution in [2.45, 2.75) is 54.4 Å². The average Bonchev–Trinajstić information content (AvgIpc) is 2.84. The van der Waals surface area contributed by atoms with Gasteiger partial charge in [-0.2, -0.15) is 0 Å². The highest BCUT2D eigenvalue weighted by atomic mass is 32.2. The second-order valence-corrected chi connectivity index (χ2v) is 11.7. The number of methoxy groups -OCH3 is 1. The van der Waals surface area contributed by atoms with Gasteiger partial charge in [0.25, 0.3) is 15.7 Å². The first-order valence-electron chi connectivity index (χ1n) is 11.3. The SMILES string of the molecule is COc1cc([N+](=O)[O-])ccc1S(=O)(=O)NCCc1ccc(S(=O)(=O)NC(=O)NC2CCCCC2)cc1. The third kappa shape index (κ3) is 7.15. The molecule has 0 saturated heterocycles.